The molecular formula is C25H29N3O4S. The summed E-state index contributed by atoms with van der Waals surface area (Å²) >= 11 is 0. The minimum Gasteiger partial charge on any atom is -0.441 e. The third-order valence-corrected chi connectivity index (χ3v) is 7.69. The van der Waals surface area contributed by atoms with E-state index in [2.05, 4.69) is 10.3 Å². The first-order valence-electron chi connectivity index (χ1n) is 11.3. The molecular weight excluding hydrogens is 438 g/mol. The summed E-state index contributed by atoms with van der Waals surface area (Å²) in [7, 11) is -3.49. The number of sulfonamides is 1. The molecule has 0 atom stereocenters. The number of piperidine rings is 1. The van der Waals surface area contributed by atoms with E-state index in [-0.39, 0.29) is 23.8 Å². The predicted octanol–water partition coefficient (Wildman–Crippen LogP) is 4.07. The fourth-order valence-corrected chi connectivity index (χ4v) is 5.44. The van der Waals surface area contributed by atoms with Crippen molar-refractivity contribution in [1.82, 2.24) is 14.6 Å². The molecule has 1 aromatic heterocycles. The van der Waals surface area contributed by atoms with Crippen LogP contribution in [0.3, 0.4) is 0 Å². The minimum absolute atomic E-state index is 0.144. The normalized spacial score (nSPS) is 14.8. The van der Waals surface area contributed by atoms with Crippen molar-refractivity contribution < 1.29 is 17.6 Å². The van der Waals surface area contributed by atoms with Crippen molar-refractivity contribution in [2.45, 2.75) is 50.5 Å². The average Bonchev–Trinajstić information content (AvgIpc) is 3.32. The molecule has 4 rings (SSSR count). The Morgan fingerprint density at radius 2 is 1.85 bits per heavy atom. The third-order valence-electron chi connectivity index (χ3n) is 5.80. The van der Waals surface area contributed by atoms with Gasteiger partial charge in [-0.1, -0.05) is 48.4 Å². The molecule has 0 aliphatic carbocycles. The van der Waals surface area contributed by atoms with Crippen LogP contribution in [-0.2, 0) is 27.8 Å². The maximum absolute atomic E-state index is 12.9. The number of aromatic nitrogens is 1. The second kappa shape index (κ2) is 10.3. The van der Waals surface area contributed by atoms with E-state index in [0.717, 1.165) is 30.4 Å². The maximum Gasteiger partial charge on any atom is 0.243 e. The first-order valence-corrected chi connectivity index (χ1v) is 12.7. The number of carbonyl (C=O) groups is 1. The van der Waals surface area contributed by atoms with E-state index >= 15 is 0 Å². The summed E-state index contributed by atoms with van der Waals surface area (Å²) in [5.41, 5.74) is 2.87. The molecule has 33 heavy (non-hydrogen) atoms. The minimum atomic E-state index is -3.49. The van der Waals surface area contributed by atoms with Crippen molar-refractivity contribution in [1.29, 1.82) is 0 Å². The van der Waals surface area contributed by atoms with Gasteiger partial charge < -0.3 is 9.73 Å². The maximum atomic E-state index is 12.9. The van der Waals surface area contributed by atoms with Crippen molar-refractivity contribution in [3.8, 4) is 11.3 Å². The van der Waals surface area contributed by atoms with Crippen molar-refractivity contribution in [3.63, 3.8) is 0 Å². The molecule has 1 N–H and O–H groups in total. The first kappa shape index (κ1) is 23.2. The largest absolute Gasteiger partial charge is 0.441 e. The molecule has 0 spiro atoms. The highest BCUT2D eigenvalue weighted by Gasteiger charge is 2.25. The molecule has 0 saturated carbocycles. The number of amides is 1. The molecule has 1 aliphatic heterocycles. The summed E-state index contributed by atoms with van der Waals surface area (Å²) in [4.78, 5) is 16.9. The first-order chi connectivity index (χ1) is 15.9. The van der Waals surface area contributed by atoms with Gasteiger partial charge in [-0.15, -0.1) is 0 Å². The fourth-order valence-electron chi connectivity index (χ4n) is 3.86. The van der Waals surface area contributed by atoms with E-state index in [4.69, 9.17) is 4.42 Å². The number of rotatable bonds is 8. The fraction of sp³-hybridized carbons (Fsp3) is 0.360. The average molecular weight is 468 g/mol. The summed E-state index contributed by atoms with van der Waals surface area (Å²) in [6.07, 6.45) is 5.16. The van der Waals surface area contributed by atoms with E-state index in [1.165, 1.54) is 5.56 Å². The lowest BCUT2D eigenvalue weighted by Gasteiger charge is -2.26. The van der Waals surface area contributed by atoms with Gasteiger partial charge in [0, 0.05) is 38.0 Å². The van der Waals surface area contributed by atoms with Crippen LogP contribution in [0.1, 0.15) is 42.7 Å². The zero-order chi connectivity index (χ0) is 23.3. The van der Waals surface area contributed by atoms with E-state index in [0.29, 0.717) is 31.2 Å². The van der Waals surface area contributed by atoms with Crippen LogP contribution in [0.4, 0.5) is 0 Å². The highest BCUT2D eigenvalue weighted by molar-refractivity contribution is 7.89. The Labute approximate surface area is 194 Å². The van der Waals surface area contributed by atoms with Gasteiger partial charge in [0.1, 0.15) is 0 Å². The van der Waals surface area contributed by atoms with E-state index in [1.54, 1.807) is 28.7 Å². The van der Waals surface area contributed by atoms with Gasteiger partial charge in [-0.05, 0) is 37.5 Å². The lowest BCUT2D eigenvalue weighted by atomic mass is 10.1. The zero-order valence-electron chi connectivity index (χ0n) is 18.8. The number of benzene rings is 2. The molecule has 174 valence electrons. The van der Waals surface area contributed by atoms with Crippen LogP contribution in [0, 0.1) is 6.92 Å². The van der Waals surface area contributed by atoms with Gasteiger partial charge in [0.25, 0.3) is 0 Å². The third kappa shape index (κ3) is 5.89. The summed E-state index contributed by atoms with van der Waals surface area (Å²) in [6.45, 7) is 3.42. The van der Waals surface area contributed by atoms with Crippen molar-refractivity contribution in [2.75, 3.05) is 13.1 Å². The molecule has 1 fully saturated rings. The molecule has 1 amide bonds. The van der Waals surface area contributed by atoms with Gasteiger partial charge in [-0.3, -0.25) is 4.79 Å². The van der Waals surface area contributed by atoms with Crippen LogP contribution < -0.4 is 5.32 Å². The van der Waals surface area contributed by atoms with Gasteiger partial charge in [0.05, 0.1) is 11.1 Å². The Balaban J connectivity index is 1.30. The molecule has 1 aliphatic rings. The second-order valence-corrected chi connectivity index (χ2v) is 10.3. The van der Waals surface area contributed by atoms with Gasteiger partial charge in [-0.2, -0.15) is 4.31 Å². The monoisotopic (exact) mass is 467 g/mol. The Morgan fingerprint density at radius 1 is 1.09 bits per heavy atom. The van der Waals surface area contributed by atoms with Crippen molar-refractivity contribution >= 4 is 15.9 Å². The Kier molecular flexibility index (Phi) is 7.25. The summed E-state index contributed by atoms with van der Waals surface area (Å²) < 4.78 is 33.1. The van der Waals surface area contributed by atoms with E-state index in [1.807, 2.05) is 37.3 Å². The lowest BCUT2D eigenvalue weighted by molar-refractivity contribution is -0.121. The number of oxazole rings is 1. The zero-order valence-corrected chi connectivity index (χ0v) is 19.6. The molecule has 0 bridgehead atoms. The molecule has 3 aromatic rings. The molecule has 2 heterocycles. The van der Waals surface area contributed by atoms with E-state index < -0.39 is 10.0 Å². The Morgan fingerprint density at radius 3 is 2.61 bits per heavy atom. The van der Waals surface area contributed by atoms with Gasteiger partial charge in [0.2, 0.25) is 15.9 Å². The molecule has 8 heteroatoms. The molecule has 2 aromatic carbocycles. The number of carbonyl (C=O) groups excluding carboxylic acids is 1. The van der Waals surface area contributed by atoms with E-state index in [9.17, 15) is 13.2 Å². The molecule has 0 radical (unpaired) electrons. The summed E-state index contributed by atoms with van der Waals surface area (Å²) in [5.74, 6) is 1.04. The quantitative estimate of drug-likeness (QED) is 0.539. The number of aryl methyl sites for hydroxylation is 2. The van der Waals surface area contributed by atoms with Gasteiger partial charge in [0.15, 0.2) is 11.7 Å². The Hall–Kier alpha value is -2.97. The SMILES string of the molecule is Cc1ccc(-c2cnc(CCC(=O)NCc3cccc(S(=O)(=O)N4CCCCC4)c3)o2)cc1. The molecule has 7 nitrogen and oxygen atoms in total. The second-order valence-electron chi connectivity index (χ2n) is 8.37. The highest BCUT2D eigenvalue weighted by atomic mass is 32.2. The van der Waals surface area contributed by atoms with Crippen LogP contribution in [0.5, 0.6) is 0 Å². The van der Waals surface area contributed by atoms with Crippen LogP contribution in [0.2, 0.25) is 0 Å². The highest BCUT2D eigenvalue weighted by Crippen LogP contribution is 2.22. The topological polar surface area (TPSA) is 92.5 Å². The molecule has 1 saturated heterocycles. The number of nitrogens with one attached hydrogen (secondary N) is 1. The summed E-state index contributed by atoms with van der Waals surface area (Å²) in [6, 6.07) is 14.8. The van der Waals surface area contributed by atoms with Gasteiger partial charge >= 0.3 is 0 Å². The van der Waals surface area contributed by atoms with Crippen molar-refractivity contribution in [3.05, 3.63) is 71.7 Å². The number of hydrogen-bond acceptors (Lipinski definition) is 5. The Bertz CT molecular complexity index is 1200. The van der Waals surface area contributed by atoms with Crippen LogP contribution >= 0.6 is 0 Å². The predicted molar refractivity (Wildman–Crippen MR) is 126 cm³/mol. The number of hydrogen-bond donors (Lipinski definition) is 1. The number of nitrogens with zero attached hydrogens (tertiary/aromatic N) is 2. The van der Waals surface area contributed by atoms with Crippen LogP contribution in [0.15, 0.2) is 64.0 Å². The van der Waals surface area contributed by atoms with Gasteiger partial charge in [-0.25, -0.2) is 13.4 Å². The summed E-state index contributed by atoms with van der Waals surface area (Å²) in [5, 5.41) is 2.86. The lowest BCUT2D eigenvalue weighted by Crippen LogP contribution is -2.35. The standard InChI is InChI=1S/C25H29N3O4S/c1-19-8-10-21(11-9-19)23-18-27-25(32-23)13-12-24(29)26-17-20-6-5-7-22(16-20)33(30,31)28-14-3-2-4-15-28/h5-11,16,18H,2-4,12-15,17H2,1H3,(H,26,29). The molecule has 0 unspecified atom stereocenters. The smallest absolute Gasteiger partial charge is 0.243 e. The van der Waals surface area contributed by atoms with Crippen molar-refractivity contribution in [2.24, 2.45) is 0 Å². The van der Waals surface area contributed by atoms with Crippen LogP contribution in [-0.4, -0.2) is 36.7 Å². The van der Waals surface area contributed by atoms with Crippen LogP contribution in [0.25, 0.3) is 11.3 Å².